The minimum Gasteiger partial charge on any atom is -0.497 e. The SMILES string of the molecule is COc1ccc(C(CC(=O)NCCc2ccc3c(c2)OCC3)OC=O)cc1. The van der Waals surface area contributed by atoms with Crippen molar-refractivity contribution in [3.05, 3.63) is 59.2 Å². The van der Waals surface area contributed by atoms with E-state index in [9.17, 15) is 9.59 Å². The van der Waals surface area contributed by atoms with Crippen molar-refractivity contribution in [2.45, 2.75) is 25.4 Å². The van der Waals surface area contributed by atoms with Gasteiger partial charge < -0.3 is 19.5 Å². The number of carbonyl (C=O) groups excluding carboxylic acids is 2. The molecule has 6 heteroatoms. The summed E-state index contributed by atoms with van der Waals surface area (Å²) in [6.45, 7) is 1.61. The third kappa shape index (κ3) is 5.00. The number of hydrogen-bond acceptors (Lipinski definition) is 5. The van der Waals surface area contributed by atoms with Gasteiger partial charge >= 0.3 is 0 Å². The van der Waals surface area contributed by atoms with E-state index < -0.39 is 6.10 Å². The Morgan fingerprint density at radius 1 is 1.26 bits per heavy atom. The summed E-state index contributed by atoms with van der Waals surface area (Å²) in [5, 5.41) is 2.88. The number of fused-ring (bicyclic) bond motifs is 1. The Morgan fingerprint density at radius 3 is 2.81 bits per heavy atom. The molecule has 0 aliphatic carbocycles. The van der Waals surface area contributed by atoms with Gasteiger partial charge in [0.15, 0.2) is 0 Å². The Labute approximate surface area is 158 Å². The minimum atomic E-state index is -0.623. The number of carbonyl (C=O) groups is 2. The van der Waals surface area contributed by atoms with Gasteiger partial charge in [-0.05, 0) is 41.3 Å². The van der Waals surface area contributed by atoms with Crippen LogP contribution in [0.4, 0.5) is 0 Å². The second-order valence-corrected chi connectivity index (χ2v) is 6.34. The number of methoxy groups -OCH3 is 1. The molecular formula is C21H23NO5. The van der Waals surface area contributed by atoms with Crippen molar-refractivity contribution >= 4 is 12.4 Å². The van der Waals surface area contributed by atoms with Crippen molar-refractivity contribution in [2.24, 2.45) is 0 Å². The average molecular weight is 369 g/mol. The molecule has 27 heavy (non-hydrogen) atoms. The van der Waals surface area contributed by atoms with Gasteiger partial charge in [0.05, 0.1) is 20.1 Å². The number of benzene rings is 2. The molecular weight excluding hydrogens is 346 g/mol. The standard InChI is InChI=1S/C21H23NO5/c1-25-18-6-4-16(5-7-18)20(27-14-23)13-21(24)22-10-8-15-2-3-17-9-11-26-19(17)12-15/h2-7,12,14,20H,8-11,13H2,1H3,(H,22,24). The highest BCUT2D eigenvalue weighted by Gasteiger charge is 2.17. The zero-order chi connectivity index (χ0) is 19.1. The van der Waals surface area contributed by atoms with Gasteiger partial charge in [-0.2, -0.15) is 0 Å². The summed E-state index contributed by atoms with van der Waals surface area (Å²) in [6, 6.07) is 13.3. The van der Waals surface area contributed by atoms with Crippen LogP contribution >= 0.6 is 0 Å². The van der Waals surface area contributed by atoms with E-state index in [0.717, 1.165) is 29.9 Å². The first-order chi connectivity index (χ1) is 13.2. The molecule has 142 valence electrons. The summed E-state index contributed by atoms with van der Waals surface area (Å²) in [6.07, 6.45) is 1.11. The molecule has 1 amide bonds. The van der Waals surface area contributed by atoms with Crippen LogP contribution in [0.5, 0.6) is 11.5 Å². The Morgan fingerprint density at radius 2 is 2.07 bits per heavy atom. The van der Waals surface area contributed by atoms with Crippen LogP contribution in [0.3, 0.4) is 0 Å². The Hall–Kier alpha value is -3.02. The molecule has 1 aliphatic rings. The lowest BCUT2D eigenvalue weighted by Gasteiger charge is -2.16. The molecule has 0 saturated heterocycles. The van der Waals surface area contributed by atoms with Crippen LogP contribution in [0.1, 0.15) is 29.2 Å². The van der Waals surface area contributed by atoms with Gasteiger partial charge in [0.2, 0.25) is 5.91 Å². The van der Waals surface area contributed by atoms with E-state index in [2.05, 4.69) is 17.4 Å². The van der Waals surface area contributed by atoms with E-state index in [4.69, 9.17) is 14.2 Å². The van der Waals surface area contributed by atoms with E-state index in [1.165, 1.54) is 5.56 Å². The third-order valence-electron chi connectivity index (χ3n) is 4.57. The van der Waals surface area contributed by atoms with Crippen molar-refractivity contribution in [3.8, 4) is 11.5 Å². The van der Waals surface area contributed by atoms with Crippen LogP contribution in [0.25, 0.3) is 0 Å². The first kappa shape index (κ1) is 18.8. The topological polar surface area (TPSA) is 73.9 Å². The second-order valence-electron chi connectivity index (χ2n) is 6.34. The highest BCUT2D eigenvalue weighted by molar-refractivity contribution is 5.76. The molecule has 2 aromatic rings. The Kier molecular flexibility index (Phi) is 6.30. The third-order valence-corrected chi connectivity index (χ3v) is 4.57. The van der Waals surface area contributed by atoms with E-state index in [1.54, 1.807) is 31.4 Å². The number of nitrogens with one attached hydrogen (secondary N) is 1. The lowest BCUT2D eigenvalue weighted by Crippen LogP contribution is -2.27. The summed E-state index contributed by atoms with van der Waals surface area (Å²) in [5.74, 6) is 1.47. The average Bonchev–Trinajstić information content (AvgIpc) is 3.15. The normalized spacial score (nSPS) is 13.2. The maximum absolute atomic E-state index is 12.2. The van der Waals surface area contributed by atoms with Crippen molar-refractivity contribution in [2.75, 3.05) is 20.3 Å². The van der Waals surface area contributed by atoms with E-state index in [-0.39, 0.29) is 12.3 Å². The van der Waals surface area contributed by atoms with E-state index in [0.29, 0.717) is 25.2 Å². The highest BCUT2D eigenvalue weighted by atomic mass is 16.5. The zero-order valence-electron chi connectivity index (χ0n) is 15.3. The number of ether oxygens (including phenoxy) is 3. The zero-order valence-corrected chi connectivity index (χ0v) is 15.3. The highest BCUT2D eigenvalue weighted by Crippen LogP contribution is 2.26. The molecule has 0 radical (unpaired) electrons. The predicted molar refractivity (Wildman–Crippen MR) is 99.9 cm³/mol. The lowest BCUT2D eigenvalue weighted by atomic mass is 10.1. The lowest BCUT2D eigenvalue weighted by molar-refractivity contribution is -0.136. The van der Waals surface area contributed by atoms with Crippen LogP contribution in [0.2, 0.25) is 0 Å². The van der Waals surface area contributed by atoms with E-state index >= 15 is 0 Å². The van der Waals surface area contributed by atoms with Crippen LogP contribution < -0.4 is 14.8 Å². The molecule has 0 saturated carbocycles. The molecule has 3 rings (SSSR count). The van der Waals surface area contributed by atoms with E-state index in [1.807, 2.05) is 6.07 Å². The van der Waals surface area contributed by atoms with Crippen molar-refractivity contribution < 1.29 is 23.8 Å². The smallest absolute Gasteiger partial charge is 0.293 e. The molecule has 1 heterocycles. The molecule has 1 aliphatic heterocycles. The first-order valence-electron chi connectivity index (χ1n) is 8.94. The number of hydrogen-bond donors (Lipinski definition) is 1. The second kappa shape index (κ2) is 9.07. The number of amides is 1. The fourth-order valence-electron chi connectivity index (χ4n) is 3.08. The largest absolute Gasteiger partial charge is 0.497 e. The van der Waals surface area contributed by atoms with Crippen LogP contribution in [0.15, 0.2) is 42.5 Å². The summed E-state index contributed by atoms with van der Waals surface area (Å²) >= 11 is 0. The van der Waals surface area contributed by atoms with Crippen molar-refractivity contribution in [1.82, 2.24) is 5.32 Å². The molecule has 0 bridgehead atoms. The molecule has 0 fully saturated rings. The van der Waals surface area contributed by atoms with Gasteiger partial charge in [0, 0.05) is 13.0 Å². The van der Waals surface area contributed by atoms with Crippen LogP contribution in [-0.2, 0) is 27.2 Å². The molecule has 0 spiro atoms. The fourth-order valence-corrected chi connectivity index (χ4v) is 3.08. The minimum absolute atomic E-state index is 0.0678. The van der Waals surface area contributed by atoms with Gasteiger partial charge in [0.25, 0.3) is 6.47 Å². The summed E-state index contributed by atoms with van der Waals surface area (Å²) < 4.78 is 15.8. The van der Waals surface area contributed by atoms with Gasteiger partial charge in [-0.3, -0.25) is 9.59 Å². The fraction of sp³-hybridized carbons (Fsp3) is 0.333. The maximum atomic E-state index is 12.2. The molecule has 0 aromatic heterocycles. The summed E-state index contributed by atoms with van der Waals surface area (Å²) in [5.41, 5.74) is 3.09. The molecule has 1 unspecified atom stereocenters. The summed E-state index contributed by atoms with van der Waals surface area (Å²) in [7, 11) is 1.58. The van der Waals surface area contributed by atoms with Gasteiger partial charge in [0.1, 0.15) is 17.6 Å². The van der Waals surface area contributed by atoms with Crippen molar-refractivity contribution in [3.63, 3.8) is 0 Å². The van der Waals surface area contributed by atoms with Crippen LogP contribution in [-0.4, -0.2) is 32.6 Å². The Bertz CT molecular complexity index is 788. The molecule has 6 nitrogen and oxygen atoms in total. The Balaban J connectivity index is 1.50. The van der Waals surface area contributed by atoms with Crippen LogP contribution in [0, 0.1) is 0 Å². The first-order valence-corrected chi connectivity index (χ1v) is 8.94. The maximum Gasteiger partial charge on any atom is 0.293 e. The van der Waals surface area contributed by atoms with Gasteiger partial charge in [-0.15, -0.1) is 0 Å². The molecule has 2 aromatic carbocycles. The van der Waals surface area contributed by atoms with Gasteiger partial charge in [-0.1, -0.05) is 24.3 Å². The molecule has 1 atom stereocenters. The quantitative estimate of drug-likeness (QED) is 0.688. The van der Waals surface area contributed by atoms with Gasteiger partial charge in [-0.25, -0.2) is 0 Å². The number of rotatable bonds is 9. The van der Waals surface area contributed by atoms with Crippen molar-refractivity contribution in [1.29, 1.82) is 0 Å². The molecule has 1 N–H and O–H groups in total. The summed E-state index contributed by atoms with van der Waals surface area (Å²) in [4.78, 5) is 23.0. The predicted octanol–water partition coefficient (Wildman–Crippen LogP) is 2.59. The monoisotopic (exact) mass is 369 g/mol.